The van der Waals surface area contributed by atoms with Crippen LogP contribution in [0, 0.1) is 27.7 Å². The molecule has 8 aromatic rings. The minimum absolute atomic E-state index is 0.178. The fourth-order valence-corrected chi connectivity index (χ4v) is 10.9. The molecule has 0 fully saturated rings. The fourth-order valence-electron chi connectivity index (χ4n) is 8.03. The fraction of sp³-hybridized carbons (Fsp3) is 0.186. The highest BCUT2D eigenvalue weighted by molar-refractivity contribution is 7.91. The molecule has 0 N–H and O–H groups in total. The Kier molecular flexibility index (Phi) is 13.9. The minimum Gasteiger partial charge on any atom is -0.457 e. The maximum absolute atomic E-state index is 13.7. The van der Waals surface area contributed by atoms with Crippen molar-refractivity contribution in [3.05, 3.63) is 214 Å². The largest absolute Gasteiger partial charge is 0.457 e. The molecule has 0 radical (unpaired) electrons. The van der Waals surface area contributed by atoms with Gasteiger partial charge in [0, 0.05) is 5.41 Å². The van der Waals surface area contributed by atoms with Crippen LogP contribution in [0.5, 0.6) is 46.0 Å². The van der Waals surface area contributed by atoms with Gasteiger partial charge >= 0.3 is 0 Å². The summed E-state index contributed by atoms with van der Waals surface area (Å²) in [5, 5.41) is 0. The first kappa shape index (κ1) is 48.3. The molecule has 69 heavy (non-hydrogen) atoms. The van der Waals surface area contributed by atoms with E-state index >= 15 is 0 Å². The van der Waals surface area contributed by atoms with Gasteiger partial charge in [-0.15, -0.1) is 0 Å². The second kappa shape index (κ2) is 19.8. The lowest BCUT2D eigenvalue weighted by Crippen LogP contribution is -2.18. The molecule has 8 nitrogen and oxygen atoms in total. The lowest BCUT2D eigenvalue weighted by atomic mass is 9.78. The Morgan fingerprint density at radius 3 is 0.797 bits per heavy atom. The van der Waals surface area contributed by atoms with Crippen molar-refractivity contribution in [2.24, 2.45) is 0 Å². The number of aryl methyl sites for hydroxylation is 6. The summed E-state index contributed by atoms with van der Waals surface area (Å²) in [6, 6.07) is 51.1. The van der Waals surface area contributed by atoms with Gasteiger partial charge in [0.05, 0.1) is 19.6 Å². The van der Waals surface area contributed by atoms with Gasteiger partial charge in [-0.1, -0.05) is 76.2 Å². The van der Waals surface area contributed by atoms with Gasteiger partial charge in [0.15, 0.2) is 0 Å². The van der Waals surface area contributed by atoms with E-state index in [1.165, 1.54) is 11.1 Å². The standard InChI is InChI=1S/C59H56O8S2/c1-9-43-11-19-47(20-12-43)64-55-31-27-51(35-39(55)3)68(60,61)53-29-33-57(41(5)37-53)66-49-23-15-45(16-24-49)59(7,8)46-17-25-50(26-18-46)67-58-34-30-54(38-42(58)6)69(62,63)52-28-32-56(40(4)36-52)65-48-21-13-44(10-2)14-22-48/h11-38H,9-10H2,1-8H3. The van der Waals surface area contributed by atoms with Crippen molar-refractivity contribution >= 4 is 19.7 Å². The molecule has 0 saturated carbocycles. The lowest BCUT2D eigenvalue weighted by molar-refractivity contribution is 0.477. The molecular weight excluding hydrogens is 901 g/mol. The van der Waals surface area contributed by atoms with Gasteiger partial charge in [0.2, 0.25) is 19.7 Å². The third-order valence-corrected chi connectivity index (χ3v) is 16.1. The first-order valence-corrected chi connectivity index (χ1v) is 25.9. The predicted molar refractivity (Wildman–Crippen MR) is 273 cm³/mol. The van der Waals surface area contributed by atoms with Crippen LogP contribution >= 0.6 is 0 Å². The molecule has 0 heterocycles. The summed E-state index contributed by atoms with van der Waals surface area (Å²) >= 11 is 0. The highest BCUT2D eigenvalue weighted by Gasteiger charge is 2.25. The van der Waals surface area contributed by atoms with E-state index in [-0.39, 0.29) is 25.0 Å². The Labute approximate surface area is 407 Å². The Bertz CT molecular complexity index is 3130. The molecule has 0 amide bonds. The monoisotopic (exact) mass is 956 g/mol. The van der Waals surface area contributed by atoms with Crippen LogP contribution in [0.1, 0.15) is 72.2 Å². The Morgan fingerprint density at radius 1 is 0.348 bits per heavy atom. The van der Waals surface area contributed by atoms with E-state index in [2.05, 4.69) is 27.7 Å². The molecule has 0 atom stereocenters. The van der Waals surface area contributed by atoms with Crippen molar-refractivity contribution in [2.75, 3.05) is 0 Å². The number of hydrogen-bond donors (Lipinski definition) is 0. The van der Waals surface area contributed by atoms with Crippen molar-refractivity contribution in [1.29, 1.82) is 0 Å². The van der Waals surface area contributed by atoms with Crippen LogP contribution < -0.4 is 18.9 Å². The van der Waals surface area contributed by atoms with Crippen LogP contribution in [0.3, 0.4) is 0 Å². The van der Waals surface area contributed by atoms with Gasteiger partial charge in [-0.05, 0) is 206 Å². The van der Waals surface area contributed by atoms with Gasteiger partial charge in [-0.2, -0.15) is 0 Å². The van der Waals surface area contributed by atoms with Gasteiger partial charge < -0.3 is 18.9 Å². The molecule has 0 aliphatic carbocycles. The van der Waals surface area contributed by atoms with E-state index < -0.39 is 19.7 Å². The Hall–Kier alpha value is -7.14. The zero-order chi connectivity index (χ0) is 49.1. The molecule has 8 aromatic carbocycles. The molecule has 0 bridgehead atoms. The quantitative estimate of drug-likeness (QED) is 0.0943. The highest BCUT2D eigenvalue weighted by Crippen LogP contribution is 2.38. The molecule has 0 aromatic heterocycles. The number of hydrogen-bond acceptors (Lipinski definition) is 8. The SMILES string of the molecule is CCc1ccc(Oc2ccc(S(=O)(=O)c3ccc(Oc4ccc(C(C)(C)c5ccc(Oc6ccc(S(=O)(=O)c7ccc(Oc8ccc(CC)cc8)c(C)c7)cc6C)cc5)cc4)c(C)c3)cc2C)cc1. The van der Waals surface area contributed by atoms with Crippen molar-refractivity contribution < 1.29 is 35.8 Å². The average Bonchev–Trinajstić information content (AvgIpc) is 3.34. The highest BCUT2D eigenvalue weighted by atomic mass is 32.2. The van der Waals surface area contributed by atoms with E-state index in [9.17, 15) is 16.8 Å². The first-order valence-electron chi connectivity index (χ1n) is 23.0. The van der Waals surface area contributed by atoms with Crippen LogP contribution in [0.2, 0.25) is 0 Å². The predicted octanol–water partition coefficient (Wildman–Crippen LogP) is 15.2. The summed E-state index contributed by atoms with van der Waals surface area (Å²) in [4.78, 5) is 0.730. The van der Waals surface area contributed by atoms with E-state index in [1.54, 1.807) is 72.8 Å². The van der Waals surface area contributed by atoms with E-state index in [0.29, 0.717) is 68.2 Å². The second-order valence-electron chi connectivity index (χ2n) is 17.8. The molecule has 352 valence electrons. The summed E-state index contributed by atoms with van der Waals surface area (Å²) in [7, 11) is -7.62. The van der Waals surface area contributed by atoms with Gasteiger partial charge in [-0.3, -0.25) is 0 Å². The second-order valence-corrected chi connectivity index (χ2v) is 21.7. The third kappa shape index (κ3) is 10.6. The van der Waals surface area contributed by atoms with E-state index in [0.717, 1.165) is 24.0 Å². The number of ether oxygens (including phenoxy) is 4. The first-order chi connectivity index (χ1) is 32.9. The third-order valence-electron chi connectivity index (χ3n) is 12.6. The molecule has 10 heteroatoms. The molecule has 0 unspecified atom stereocenters. The topological polar surface area (TPSA) is 105 Å². The Balaban J connectivity index is 0.885. The summed E-state index contributed by atoms with van der Waals surface area (Å²) in [5.74, 6) is 4.92. The number of sulfone groups is 2. The normalized spacial score (nSPS) is 11.8. The summed E-state index contributed by atoms with van der Waals surface area (Å²) in [6.07, 6.45) is 1.87. The number of rotatable bonds is 16. The Morgan fingerprint density at radius 2 is 0.580 bits per heavy atom. The maximum Gasteiger partial charge on any atom is 0.206 e. The number of benzene rings is 8. The van der Waals surface area contributed by atoms with Crippen molar-refractivity contribution in [2.45, 2.75) is 93.2 Å². The smallest absolute Gasteiger partial charge is 0.206 e. The van der Waals surface area contributed by atoms with Crippen molar-refractivity contribution in [3.8, 4) is 46.0 Å². The van der Waals surface area contributed by atoms with E-state index in [1.807, 2.05) is 125 Å². The lowest BCUT2D eigenvalue weighted by Gasteiger charge is -2.26. The van der Waals surface area contributed by atoms with Gasteiger partial charge in [0.25, 0.3) is 0 Å². The maximum atomic E-state index is 13.7. The van der Waals surface area contributed by atoms with Crippen LogP contribution in [0.4, 0.5) is 0 Å². The van der Waals surface area contributed by atoms with Crippen LogP contribution in [0.15, 0.2) is 189 Å². The molecule has 0 saturated heterocycles. The molecule has 0 aliphatic heterocycles. The van der Waals surface area contributed by atoms with Crippen LogP contribution in [0.25, 0.3) is 0 Å². The van der Waals surface area contributed by atoms with Gasteiger partial charge in [-0.25, -0.2) is 16.8 Å². The molecule has 0 spiro atoms. The van der Waals surface area contributed by atoms with Crippen LogP contribution in [-0.2, 0) is 37.9 Å². The molecule has 8 rings (SSSR count). The van der Waals surface area contributed by atoms with Crippen molar-refractivity contribution in [3.63, 3.8) is 0 Å². The zero-order valence-electron chi connectivity index (χ0n) is 40.2. The average molecular weight is 957 g/mol. The molecular formula is C59H56O8S2. The summed E-state index contributed by atoms with van der Waals surface area (Å²) in [5.41, 5.74) is 6.97. The van der Waals surface area contributed by atoms with Crippen LogP contribution in [-0.4, -0.2) is 16.8 Å². The van der Waals surface area contributed by atoms with Crippen molar-refractivity contribution in [1.82, 2.24) is 0 Å². The van der Waals surface area contributed by atoms with Gasteiger partial charge in [0.1, 0.15) is 46.0 Å². The van der Waals surface area contributed by atoms with E-state index in [4.69, 9.17) is 18.9 Å². The summed E-state index contributed by atoms with van der Waals surface area (Å²) < 4.78 is 79.6. The zero-order valence-corrected chi connectivity index (χ0v) is 41.8. The molecule has 0 aliphatic rings. The minimum atomic E-state index is -3.81. The summed E-state index contributed by atoms with van der Waals surface area (Å²) in [6.45, 7) is 15.8.